The third-order valence-electron chi connectivity index (χ3n) is 9.03. The number of amides is 2. The van der Waals surface area contributed by atoms with E-state index in [9.17, 15) is 36.7 Å². The van der Waals surface area contributed by atoms with Crippen molar-refractivity contribution in [2.24, 2.45) is 11.8 Å². The Morgan fingerprint density at radius 3 is 1.27 bits per heavy atom. The molecule has 20 nitrogen and oxygen atoms in total. The Labute approximate surface area is 344 Å². The maximum absolute atomic E-state index is 13.2. The van der Waals surface area contributed by atoms with Crippen LogP contribution in [0.15, 0.2) is 81.9 Å². The first kappa shape index (κ1) is 42.0. The molecule has 0 radical (unpaired) electrons. The minimum Gasteiger partial charge on any atom is -0.481 e. The number of hydrogen-bond donors (Lipinski definition) is 6. The summed E-state index contributed by atoms with van der Waals surface area (Å²) in [5.74, 6) is -8.08. The van der Waals surface area contributed by atoms with Crippen molar-refractivity contribution in [2.45, 2.75) is 37.9 Å². The maximum atomic E-state index is 13.2. The molecule has 2 aliphatic carbocycles. The lowest BCUT2D eigenvalue weighted by molar-refractivity contribution is -0.148. The van der Waals surface area contributed by atoms with E-state index in [1.54, 1.807) is 12.1 Å². The van der Waals surface area contributed by atoms with Gasteiger partial charge in [-0.3, -0.25) is 19.2 Å². The summed E-state index contributed by atoms with van der Waals surface area (Å²) in [5.41, 5.74) is 0.997. The van der Waals surface area contributed by atoms with Gasteiger partial charge in [-0.2, -0.15) is 0 Å². The van der Waals surface area contributed by atoms with Gasteiger partial charge in [-0.05, 0) is 62.1 Å². The molecule has 320 valence electrons. The molecule has 2 fully saturated rings. The number of benzene rings is 2. The summed E-state index contributed by atoms with van der Waals surface area (Å²) in [6.45, 7) is 0. The average molecular weight is 863 g/mol. The van der Waals surface area contributed by atoms with Gasteiger partial charge in [0, 0.05) is 35.6 Å². The third kappa shape index (κ3) is 10.7. The molecule has 0 atom stereocenters. The Morgan fingerprint density at radius 1 is 0.548 bits per heavy atom. The molecule has 24 heteroatoms. The van der Waals surface area contributed by atoms with Crippen LogP contribution in [0.2, 0.25) is 0 Å². The number of nitrogens with one attached hydrogen (secondary N) is 4. The van der Waals surface area contributed by atoms with Crippen LogP contribution in [-0.4, -0.2) is 76.5 Å². The van der Waals surface area contributed by atoms with Crippen LogP contribution in [0, 0.1) is 35.1 Å². The van der Waals surface area contributed by atoms with Gasteiger partial charge in [0.15, 0.2) is 23.3 Å². The van der Waals surface area contributed by atoms with Crippen molar-refractivity contribution < 1.29 is 65.3 Å². The van der Waals surface area contributed by atoms with Gasteiger partial charge in [0.25, 0.3) is 0 Å². The van der Waals surface area contributed by atoms with Crippen LogP contribution in [0.4, 0.5) is 52.3 Å². The quantitative estimate of drug-likeness (QED) is 0.0689. The van der Waals surface area contributed by atoms with Crippen molar-refractivity contribution in [3.8, 4) is 11.8 Å². The smallest absolute Gasteiger partial charge is 0.320 e. The summed E-state index contributed by atoms with van der Waals surface area (Å²) in [7, 11) is 0. The molecule has 62 heavy (non-hydrogen) atoms. The van der Waals surface area contributed by atoms with Gasteiger partial charge in [0.1, 0.15) is 12.2 Å². The zero-order chi connectivity index (χ0) is 43.9. The Bertz CT molecular complexity index is 2410. The summed E-state index contributed by atoms with van der Waals surface area (Å²) in [4.78, 5) is 54.2. The standard InChI is InChI=1S/2C19H15F2N5O5/c2*20-13-3-1-10(7-14(13)21)24-19-26-25-17(31-19)16(27)23-11-2-4-15(22-8-11)30-12-5-9(6-12)18(28)29/h2*1-4,7-9,12H,5-6H2,(H,23,27)(H,24,26)(H,28,29). The number of carboxylic acid groups (broad SMARTS) is 2. The molecule has 0 unspecified atom stereocenters. The molecule has 0 saturated heterocycles. The number of hydrogen-bond acceptors (Lipinski definition) is 16. The Hall–Kier alpha value is -8.18. The molecule has 8 rings (SSSR count). The van der Waals surface area contributed by atoms with Crippen LogP contribution in [0.3, 0.4) is 0 Å². The number of carbonyl (C=O) groups excluding carboxylic acids is 2. The normalized spacial score (nSPS) is 17.5. The van der Waals surface area contributed by atoms with Crippen molar-refractivity contribution in [2.75, 3.05) is 21.3 Å². The number of halogens is 4. The molecule has 4 aromatic heterocycles. The fourth-order valence-corrected chi connectivity index (χ4v) is 5.61. The van der Waals surface area contributed by atoms with Gasteiger partial charge in [-0.1, -0.05) is 10.2 Å². The Morgan fingerprint density at radius 2 is 0.935 bits per heavy atom. The summed E-state index contributed by atoms with van der Waals surface area (Å²) in [6, 6.07) is 12.0. The molecule has 6 aromatic rings. The highest BCUT2D eigenvalue weighted by Crippen LogP contribution is 2.32. The Kier molecular flexibility index (Phi) is 12.4. The highest BCUT2D eigenvalue weighted by atomic mass is 19.2. The number of carbonyl (C=O) groups is 4. The highest BCUT2D eigenvalue weighted by molar-refractivity contribution is 6.01. The number of pyridine rings is 2. The number of anilines is 6. The molecule has 2 amide bonds. The predicted octanol–water partition coefficient (Wildman–Crippen LogP) is 5.96. The second kappa shape index (κ2) is 18.4. The molecule has 0 spiro atoms. The van der Waals surface area contributed by atoms with Gasteiger partial charge in [-0.25, -0.2) is 27.5 Å². The minimum atomic E-state index is -1.05. The lowest BCUT2D eigenvalue weighted by atomic mass is 9.82. The van der Waals surface area contributed by atoms with E-state index in [0.29, 0.717) is 48.8 Å². The highest BCUT2D eigenvalue weighted by Gasteiger charge is 2.37. The lowest BCUT2D eigenvalue weighted by Crippen LogP contribution is -2.38. The molecular weight excluding hydrogens is 832 g/mol. The van der Waals surface area contributed by atoms with E-state index >= 15 is 0 Å². The van der Waals surface area contributed by atoms with Crippen molar-refractivity contribution in [1.82, 2.24) is 30.4 Å². The largest absolute Gasteiger partial charge is 0.481 e. The topological polar surface area (TPSA) is 279 Å². The summed E-state index contributed by atoms with van der Waals surface area (Å²) in [6.07, 6.45) is 4.01. The Balaban J connectivity index is 0.000000186. The van der Waals surface area contributed by atoms with E-state index in [1.807, 2.05) is 0 Å². The van der Waals surface area contributed by atoms with E-state index in [4.69, 9.17) is 28.5 Å². The average Bonchev–Trinajstić information content (AvgIpc) is 3.89. The van der Waals surface area contributed by atoms with Gasteiger partial charge in [0.2, 0.25) is 11.8 Å². The van der Waals surface area contributed by atoms with Crippen LogP contribution in [0.5, 0.6) is 11.8 Å². The fraction of sp³-hybridized carbons (Fsp3) is 0.211. The number of nitrogens with zero attached hydrogens (tertiary/aromatic N) is 6. The summed E-state index contributed by atoms with van der Waals surface area (Å²) in [5, 5.41) is 42.3. The molecule has 4 heterocycles. The zero-order valence-electron chi connectivity index (χ0n) is 31.4. The van der Waals surface area contributed by atoms with Crippen LogP contribution < -0.4 is 30.7 Å². The maximum Gasteiger partial charge on any atom is 0.320 e. The molecule has 2 aromatic carbocycles. The first-order valence-corrected chi connectivity index (χ1v) is 18.2. The van der Waals surface area contributed by atoms with E-state index in [0.717, 1.165) is 24.3 Å². The van der Waals surface area contributed by atoms with Crippen molar-refractivity contribution in [3.63, 3.8) is 0 Å². The first-order chi connectivity index (χ1) is 29.7. The second-order valence-electron chi connectivity index (χ2n) is 13.5. The van der Waals surface area contributed by atoms with E-state index in [-0.39, 0.29) is 59.2 Å². The van der Waals surface area contributed by atoms with Gasteiger partial charge >= 0.3 is 47.6 Å². The van der Waals surface area contributed by atoms with Gasteiger partial charge in [-0.15, -0.1) is 10.2 Å². The number of aromatic nitrogens is 6. The lowest BCUT2D eigenvalue weighted by Gasteiger charge is -2.31. The SMILES string of the molecule is O=C(Nc1ccc(OC2CC(C(=O)O)C2)nc1)c1nnc(Nc2ccc(F)c(F)c2)o1.O=C(Nc1ccc(OC2CC(C(=O)O)C2)nc1)c1nnc(Nc2ccc(F)c(F)c2)o1. The number of rotatable bonds is 14. The molecule has 2 aliphatic rings. The molecule has 2 saturated carbocycles. The fourth-order valence-electron chi connectivity index (χ4n) is 5.61. The van der Waals surface area contributed by atoms with Crippen molar-refractivity contribution >= 4 is 58.5 Å². The zero-order valence-corrected chi connectivity index (χ0v) is 31.4. The molecule has 0 aliphatic heterocycles. The second-order valence-corrected chi connectivity index (χ2v) is 13.5. The number of ether oxygens (including phenoxy) is 2. The van der Waals surface area contributed by atoms with E-state index in [2.05, 4.69) is 51.6 Å². The summed E-state index contributed by atoms with van der Waals surface area (Å²) < 4.78 is 73.9. The van der Waals surface area contributed by atoms with Crippen molar-refractivity contribution in [3.05, 3.63) is 108 Å². The van der Waals surface area contributed by atoms with E-state index in [1.165, 1.54) is 36.7 Å². The van der Waals surface area contributed by atoms with Gasteiger partial charge in [0.05, 0.1) is 35.6 Å². The molecule has 6 N–H and O–H groups in total. The number of aliphatic carboxylic acids is 2. The van der Waals surface area contributed by atoms with Crippen LogP contribution in [-0.2, 0) is 9.59 Å². The molecule has 0 bridgehead atoms. The summed E-state index contributed by atoms with van der Waals surface area (Å²) >= 11 is 0. The minimum absolute atomic E-state index is 0.162. The molecular formula is C38H30F4N10O10. The van der Waals surface area contributed by atoms with Crippen molar-refractivity contribution in [1.29, 1.82) is 0 Å². The van der Waals surface area contributed by atoms with Gasteiger partial charge < -0.3 is 49.8 Å². The third-order valence-corrected chi connectivity index (χ3v) is 9.03. The predicted molar refractivity (Wildman–Crippen MR) is 202 cm³/mol. The van der Waals surface area contributed by atoms with Crippen LogP contribution >= 0.6 is 0 Å². The van der Waals surface area contributed by atoms with Crippen LogP contribution in [0.1, 0.15) is 47.1 Å². The van der Waals surface area contributed by atoms with Crippen LogP contribution in [0.25, 0.3) is 0 Å². The monoisotopic (exact) mass is 862 g/mol. The number of carboxylic acids is 2. The first-order valence-electron chi connectivity index (χ1n) is 18.2. The van der Waals surface area contributed by atoms with E-state index < -0.39 is 47.0 Å².